The number of hydrogen-bond acceptors (Lipinski definition) is 5. The van der Waals surface area contributed by atoms with Gasteiger partial charge in [0.1, 0.15) is 6.54 Å². The molecule has 1 amide bonds. The molecule has 2 aromatic rings. The number of thioether (sulfide) groups is 1. The van der Waals surface area contributed by atoms with Crippen molar-refractivity contribution in [1.82, 2.24) is 14.8 Å². The summed E-state index contributed by atoms with van der Waals surface area (Å²) in [7, 11) is 0. The molecule has 6 nitrogen and oxygen atoms in total. The van der Waals surface area contributed by atoms with Gasteiger partial charge in [-0.25, -0.2) is 4.79 Å². The van der Waals surface area contributed by atoms with Crippen molar-refractivity contribution in [3.05, 3.63) is 34.8 Å². The molecule has 4 rings (SSSR count). The van der Waals surface area contributed by atoms with E-state index in [0.717, 1.165) is 32.0 Å². The Kier molecular flexibility index (Phi) is 5.36. The van der Waals surface area contributed by atoms with E-state index in [4.69, 9.17) is 4.42 Å². The van der Waals surface area contributed by atoms with Crippen LogP contribution in [0.1, 0.15) is 19.3 Å². The number of carbonyl (C=O) groups is 1. The summed E-state index contributed by atoms with van der Waals surface area (Å²) in [6.45, 7) is 2.97. The van der Waals surface area contributed by atoms with E-state index in [9.17, 15) is 9.59 Å². The van der Waals surface area contributed by atoms with Gasteiger partial charge < -0.3 is 9.73 Å². The van der Waals surface area contributed by atoms with E-state index in [2.05, 4.69) is 22.0 Å². The minimum atomic E-state index is -0.482. The fourth-order valence-electron chi connectivity index (χ4n) is 3.95. The van der Waals surface area contributed by atoms with Crippen LogP contribution in [0.3, 0.4) is 0 Å². The van der Waals surface area contributed by atoms with Crippen LogP contribution in [0, 0.1) is 5.92 Å². The van der Waals surface area contributed by atoms with Gasteiger partial charge in [-0.3, -0.25) is 14.3 Å². The zero-order valence-electron chi connectivity index (χ0n) is 14.9. The van der Waals surface area contributed by atoms with Crippen molar-refractivity contribution in [3.63, 3.8) is 0 Å². The zero-order chi connectivity index (χ0) is 17.9. The summed E-state index contributed by atoms with van der Waals surface area (Å²) >= 11 is 2.06. The number of nitrogens with zero attached hydrogens (tertiary/aromatic N) is 2. The highest BCUT2D eigenvalue weighted by molar-refractivity contribution is 7.99. The van der Waals surface area contributed by atoms with Crippen LogP contribution in [0.5, 0.6) is 0 Å². The first-order chi connectivity index (χ1) is 12.7. The van der Waals surface area contributed by atoms with Crippen molar-refractivity contribution in [1.29, 1.82) is 0 Å². The summed E-state index contributed by atoms with van der Waals surface area (Å²) in [6, 6.07) is 7.94. The molecular weight excluding hydrogens is 350 g/mol. The highest BCUT2D eigenvalue weighted by Crippen LogP contribution is 2.26. The van der Waals surface area contributed by atoms with Gasteiger partial charge in [0, 0.05) is 18.3 Å². The predicted octanol–water partition coefficient (Wildman–Crippen LogP) is 1.93. The van der Waals surface area contributed by atoms with Crippen LogP contribution < -0.4 is 11.1 Å². The van der Waals surface area contributed by atoms with Gasteiger partial charge in [0.15, 0.2) is 5.58 Å². The van der Waals surface area contributed by atoms with Crippen LogP contribution in [0.2, 0.25) is 0 Å². The summed E-state index contributed by atoms with van der Waals surface area (Å²) in [5.74, 6) is 2.48. The Morgan fingerprint density at radius 1 is 1.23 bits per heavy atom. The lowest BCUT2D eigenvalue weighted by molar-refractivity contribution is -0.122. The Labute approximate surface area is 156 Å². The van der Waals surface area contributed by atoms with Gasteiger partial charge in [0.2, 0.25) is 5.91 Å². The molecule has 2 aliphatic heterocycles. The highest BCUT2D eigenvalue weighted by Gasteiger charge is 2.27. The van der Waals surface area contributed by atoms with E-state index in [1.54, 1.807) is 12.1 Å². The fourth-order valence-corrected chi connectivity index (χ4v) is 5.21. The van der Waals surface area contributed by atoms with Crippen molar-refractivity contribution in [2.24, 2.45) is 5.92 Å². The van der Waals surface area contributed by atoms with Crippen molar-refractivity contribution >= 4 is 28.8 Å². The number of rotatable bonds is 5. The third-order valence-electron chi connectivity index (χ3n) is 5.53. The Hall–Kier alpha value is -1.73. The van der Waals surface area contributed by atoms with Crippen LogP contribution in [0.4, 0.5) is 0 Å². The molecule has 26 heavy (non-hydrogen) atoms. The van der Waals surface area contributed by atoms with Gasteiger partial charge in [0.25, 0.3) is 0 Å². The zero-order valence-corrected chi connectivity index (χ0v) is 15.7. The molecule has 0 bridgehead atoms. The first-order valence-corrected chi connectivity index (χ1v) is 10.5. The maximum atomic E-state index is 12.3. The molecule has 0 spiro atoms. The highest BCUT2D eigenvalue weighted by atomic mass is 32.2. The van der Waals surface area contributed by atoms with E-state index in [1.807, 2.05) is 12.1 Å². The molecule has 140 valence electrons. The lowest BCUT2D eigenvalue weighted by atomic mass is 9.95. The lowest BCUT2D eigenvalue weighted by Gasteiger charge is -2.35. The second-order valence-corrected chi connectivity index (χ2v) is 8.37. The monoisotopic (exact) mass is 375 g/mol. The molecule has 7 heteroatoms. The molecule has 0 saturated carbocycles. The molecule has 2 aliphatic rings. The number of aromatic nitrogens is 1. The van der Waals surface area contributed by atoms with Gasteiger partial charge in [-0.05, 0) is 56.2 Å². The molecule has 1 unspecified atom stereocenters. The van der Waals surface area contributed by atoms with Gasteiger partial charge in [-0.15, -0.1) is 0 Å². The minimum Gasteiger partial charge on any atom is -0.408 e. The molecular formula is C19H25N3O3S. The predicted molar refractivity (Wildman–Crippen MR) is 104 cm³/mol. The second-order valence-electron chi connectivity index (χ2n) is 7.22. The largest absolute Gasteiger partial charge is 0.420 e. The number of piperidine rings is 1. The van der Waals surface area contributed by atoms with Crippen LogP contribution in [-0.2, 0) is 11.3 Å². The van der Waals surface area contributed by atoms with E-state index < -0.39 is 5.76 Å². The van der Waals surface area contributed by atoms with E-state index in [-0.39, 0.29) is 12.5 Å². The van der Waals surface area contributed by atoms with E-state index >= 15 is 0 Å². The number of hydrogen-bond donors (Lipinski definition) is 1. The number of benzene rings is 1. The average Bonchev–Trinajstić information content (AvgIpc) is 3.29. The van der Waals surface area contributed by atoms with Crippen molar-refractivity contribution in [3.8, 4) is 0 Å². The second kappa shape index (κ2) is 7.88. The number of oxazole rings is 1. The van der Waals surface area contributed by atoms with Crippen LogP contribution in [0.15, 0.2) is 33.5 Å². The van der Waals surface area contributed by atoms with E-state index in [0.29, 0.717) is 23.6 Å². The molecule has 0 aliphatic carbocycles. The topological polar surface area (TPSA) is 67.5 Å². The minimum absolute atomic E-state index is 0.00793. The van der Waals surface area contributed by atoms with E-state index in [1.165, 1.54) is 22.5 Å². The average molecular weight is 375 g/mol. The number of carbonyl (C=O) groups excluding carboxylic acids is 1. The quantitative estimate of drug-likeness (QED) is 0.865. The molecule has 1 aromatic carbocycles. The molecule has 0 radical (unpaired) electrons. The Morgan fingerprint density at radius 3 is 2.81 bits per heavy atom. The van der Waals surface area contributed by atoms with Crippen LogP contribution >= 0.6 is 11.8 Å². The summed E-state index contributed by atoms with van der Waals surface area (Å²) in [5.41, 5.74) is 1.18. The molecule has 1 aromatic heterocycles. The first-order valence-electron chi connectivity index (χ1n) is 9.37. The molecule has 3 heterocycles. The number of fused-ring (bicyclic) bond motifs is 1. The number of likely N-dealkylation sites (tertiary alicyclic amines) is 1. The summed E-state index contributed by atoms with van der Waals surface area (Å²) in [6.07, 6.45) is 3.59. The summed E-state index contributed by atoms with van der Waals surface area (Å²) in [5, 5.41) is 3.00. The van der Waals surface area contributed by atoms with Gasteiger partial charge in [-0.1, -0.05) is 12.1 Å². The van der Waals surface area contributed by atoms with Crippen molar-refractivity contribution in [2.45, 2.75) is 31.8 Å². The molecule has 2 fully saturated rings. The maximum absolute atomic E-state index is 12.3. The first kappa shape index (κ1) is 17.7. The van der Waals surface area contributed by atoms with Crippen LogP contribution in [-0.4, -0.2) is 52.6 Å². The van der Waals surface area contributed by atoms with Gasteiger partial charge >= 0.3 is 5.76 Å². The third kappa shape index (κ3) is 3.83. The van der Waals surface area contributed by atoms with Crippen molar-refractivity contribution in [2.75, 3.05) is 31.1 Å². The molecule has 1 N–H and O–H groups in total. The Bertz CT molecular complexity index is 817. The van der Waals surface area contributed by atoms with Gasteiger partial charge in [-0.2, -0.15) is 11.8 Å². The number of para-hydroxylation sites is 2. The fraction of sp³-hybridized carbons (Fsp3) is 0.579. The number of nitrogens with one attached hydrogen (secondary N) is 1. The normalized spacial score (nSPS) is 22.1. The lowest BCUT2D eigenvalue weighted by Crippen LogP contribution is -2.44. The SMILES string of the molecule is O=C(Cn1c(=O)oc2ccccc21)NCC1CCN(C2CCSC2)CC1. The van der Waals surface area contributed by atoms with Crippen LogP contribution in [0.25, 0.3) is 11.1 Å². The Morgan fingerprint density at radius 2 is 2.04 bits per heavy atom. The smallest absolute Gasteiger partial charge is 0.408 e. The standard InChI is InChI=1S/C19H25N3O3S/c23-18(12-22-16-3-1-2-4-17(16)25-19(22)24)20-11-14-5-8-21(9-6-14)15-7-10-26-13-15/h1-4,14-15H,5-13H2,(H,20,23). The van der Waals surface area contributed by atoms with Gasteiger partial charge in [0.05, 0.1) is 5.52 Å². The summed E-state index contributed by atoms with van der Waals surface area (Å²) < 4.78 is 6.57. The van der Waals surface area contributed by atoms with Crippen molar-refractivity contribution < 1.29 is 9.21 Å². The molecule has 1 atom stereocenters. The maximum Gasteiger partial charge on any atom is 0.420 e. The summed E-state index contributed by atoms with van der Waals surface area (Å²) in [4.78, 5) is 26.9. The Balaban J connectivity index is 1.27. The number of amides is 1. The third-order valence-corrected chi connectivity index (χ3v) is 6.68. The molecule has 2 saturated heterocycles.